The Kier molecular flexibility index (Phi) is 2.13. The van der Waals surface area contributed by atoms with Crippen molar-refractivity contribution >= 4 is 16.8 Å². The van der Waals surface area contributed by atoms with Gasteiger partial charge >= 0.3 is 0 Å². The molecule has 1 aromatic carbocycles. The number of H-pyrrole nitrogens is 1. The minimum atomic E-state index is -1.17. The van der Waals surface area contributed by atoms with E-state index < -0.39 is 5.67 Å². The van der Waals surface area contributed by atoms with Gasteiger partial charge in [-0.25, -0.2) is 8.78 Å². The van der Waals surface area contributed by atoms with E-state index in [1.54, 1.807) is 11.0 Å². The molecule has 2 aliphatic heterocycles. The van der Waals surface area contributed by atoms with Gasteiger partial charge in [-0.15, -0.1) is 0 Å². The summed E-state index contributed by atoms with van der Waals surface area (Å²) < 4.78 is 27.1. The molecule has 2 aromatic rings. The van der Waals surface area contributed by atoms with Crippen LogP contribution in [0.4, 0.5) is 8.78 Å². The highest BCUT2D eigenvalue weighted by atomic mass is 19.1. The van der Waals surface area contributed by atoms with Crippen molar-refractivity contribution in [3.8, 4) is 0 Å². The maximum Gasteiger partial charge on any atom is 0.270 e. The maximum absolute atomic E-state index is 13.9. The molecule has 0 radical (unpaired) electrons. The molecule has 3 heterocycles. The van der Waals surface area contributed by atoms with Gasteiger partial charge in [0.15, 0.2) is 0 Å². The molecule has 0 spiro atoms. The van der Waals surface area contributed by atoms with Crippen LogP contribution in [-0.4, -0.2) is 34.0 Å². The summed E-state index contributed by atoms with van der Waals surface area (Å²) in [6.07, 6.45) is 0.902. The lowest BCUT2D eigenvalue weighted by molar-refractivity contribution is 0.0728. The number of nitrogens with one attached hydrogen (secondary N) is 1. The first-order valence-corrected chi connectivity index (χ1v) is 6.75. The number of amides is 1. The first-order chi connectivity index (χ1) is 9.47. The van der Waals surface area contributed by atoms with Crippen LogP contribution >= 0.6 is 0 Å². The molecular formula is C15H14F2N2O. The topological polar surface area (TPSA) is 36.1 Å². The standard InChI is InChI=1S/C15H14F2N2O/c1-8-11-3-2-9(16)4-12(11)18-13(8)14(20)19-7-15(17)5-10(19)6-15/h2-4,10,18H,5-7H2,1H3. The Morgan fingerprint density at radius 3 is 2.85 bits per heavy atom. The molecule has 104 valence electrons. The Labute approximate surface area is 114 Å². The average molecular weight is 276 g/mol. The van der Waals surface area contributed by atoms with Crippen LogP contribution in [0.2, 0.25) is 0 Å². The van der Waals surface area contributed by atoms with E-state index in [0.717, 1.165) is 10.9 Å². The third-order valence-corrected chi connectivity index (χ3v) is 4.59. The van der Waals surface area contributed by atoms with Crippen LogP contribution in [0.15, 0.2) is 18.2 Å². The molecule has 3 aliphatic rings. The molecule has 3 nitrogen and oxygen atoms in total. The van der Waals surface area contributed by atoms with Crippen molar-refractivity contribution in [1.82, 2.24) is 9.88 Å². The second-order valence-electron chi connectivity index (χ2n) is 5.96. The van der Waals surface area contributed by atoms with E-state index in [-0.39, 0.29) is 24.3 Å². The van der Waals surface area contributed by atoms with Crippen molar-refractivity contribution in [1.29, 1.82) is 0 Å². The van der Waals surface area contributed by atoms with Crippen LogP contribution in [0, 0.1) is 12.7 Å². The summed E-state index contributed by atoms with van der Waals surface area (Å²) >= 11 is 0. The number of aromatic nitrogens is 1. The molecule has 1 aromatic heterocycles. The minimum Gasteiger partial charge on any atom is -0.350 e. The van der Waals surface area contributed by atoms with Gasteiger partial charge in [0.1, 0.15) is 17.2 Å². The highest BCUT2D eigenvalue weighted by molar-refractivity contribution is 6.01. The number of rotatable bonds is 1. The molecule has 5 heteroatoms. The third-order valence-electron chi connectivity index (χ3n) is 4.59. The summed E-state index contributed by atoms with van der Waals surface area (Å²) in [6.45, 7) is 2.01. The number of hydrogen-bond acceptors (Lipinski definition) is 1. The zero-order chi connectivity index (χ0) is 14.1. The van der Waals surface area contributed by atoms with Gasteiger partial charge in [-0.2, -0.15) is 0 Å². The summed E-state index contributed by atoms with van der Waals surface area (Å²) in [5.41, 5.74) is 0.669. The van der Waals surface area contributed by atoms with E-state index in [0.29, 0.717) is 24.1 Å². The van der Waals surface area contributed by atoms with Crippen molar-refractivity contribution in [3.05, 3.63) is 35.3 Å². The number of aryl methyl sites for hydroxylation is 1. The number of fused-ring (bicyclic) bond motifs is 2. The molecular weight excluding hydrogens is 262 g/mol. The Morgan fingerprint density at radius 1 is 1.45 bits per heavy atom. The van der Waals surface area contributed by atoms with Gasteiger partial charge in [0, 0.05) is 29.8 Å². The largest absolute Gasteiger partial charge is 0.350 e. The fraction of sp³-hybridized carbons (Fsp3) is 0.400. The number of nitrogens with zero attached hydrogens (tertiary/aromatic N) is 1. The van der Waals surface area contributed by atoms with Gasteiger partial charge in [-0.3, -0.25) is 4.79 Å². The van der Waals surface area contributed by atoms with Crippen LogP contribution < -0.4 is 0 Å². The number of carbonyl (C=O) groups excluding carboxylic acids is 1. The zero-order valence-corrected chi connectivity index (χ0v) is 11.0. The number of benzene rings is 1. The molecule has 1 amide bonds. The number of hydrogen-bond donors (Lipinski definition) is 1. The minimum absolute atomic E-state index is 0.0232. The van der Waals surface area contributed by atoms with E-state index >= 15 is 0 Å². The monoisotopic (exact) mass is 276 g/mol. The molecule has 3 fully saturated rings. The molecule has 1 saturated carbocycles. The first kappa shape index (κ1) is 11.9. The van der Waals surface area contributed by atoms with Crippen molar-refractivity contribution in [3.63, 3.8) is 0 Å². The maximum atomic E-state index is 13.9. The third kappa shape index (κ3) is 1.46. The quantitative estimate of drug-likeness (QED) is 0.854. The van der Waals surface area contributed by atoms with Gasteiger partial charge in [0.05, 0.1) is 6.54 Å². The fourth-order valence-electron chi connectivity index (χ4n) is 3.47. The number of alkyl halides is 1. The van der Waals surface area contributed by atoms with Gasteiger partial charge in [-0.05, 0) is 30.7 Å². The first-order valence-electron chi connectivity index (χ1n) is 6.75. The van der Waals surface area contributed by atoms with Crippen molar-refractivity contribution < 1.29 is 13.6 Å². The Hall–Kier alpha value is -1.91. The predicted molar refractivity (Wildman–Crippen MR) is 70.9 cm³/mol. The Balaban J connectivity index is 1.75. The highest BCUT2D eigenvalue weighted by Crippen LogP contribution is 2.48. The van der Waals surface area contributed by atoms with Crippen molar-refractivity contribution in [2.75, 3.05) is 6.54 Å². The van der Waals surface area contributed by atoms with E-state index in [2.05, 4.69) is 4.98 Å². The number of aromatic amines is 1. The van der Waals surface area contributed by atoms with Crippen LogP contribution in [0.5, 0.6) is 0 Å². The summed E-state index contributed by atoms with van der Waals surface area (Å²) in [5.74, 6) is -0.523. The summed E-state index contributed by atoms with van der Waals surface area (Å²) in [6, 6.07) is 4.43. The average Bonchev–Trinajstić information content (AvgIpc) is 2.97. The number of halogens is 2. The fourth-order valence-corrected chi connectivity index (χ4v) is 3.47. The number of carbonyl (C=O) groups is 1. The predicted octanol–water partition coefficient (Wildman–Crippen LogP) is 2.94. The summed E-state index contributed by atoms with van der Waals surface area (Å²) in [4.78, 5) is 17.1. The van der Waals surface area contributed by atoms with Gasteiger partial charge < -0.3 is 9.88 Å². The summed E-state index contributed by atoms with van der Waals surface area (Å²) in [5, 5.41) is 0.830. The van der Waals surface area contributed by atoms with E-state index in [4.69, 9.17) is 0 Å². The lowest BCUT2D eigenvalue weighted by Crippen LogP contribution is -2.38. The Bertz CT molecular complexity index is 731. The second kappa shape index (κ2) is 3.59. The van der Waals surface area contributed by atoms with Crippen LogP contribution in [0.25, 0.3) is 10.9 Å². The smallest absolute Gasteiger partial charge is 0.270 e. The van der Waals surface area contributed by atoms with Gasteiger partial charge in [0.2, 0.25) is 0 Å². The second-order valence-corrected chi connectivity index (χ2v) is 5.96. The van der Waals surface area contributed by atoms with Gasteiger partial charge in [-0.1, -0.05) is 0 Å². The van der Waals surface area contributed by atoms with E-state index in [9.17, 15) is 13.6 Å². The van der Waals surface area contributed by atoms with Gasteiger partial charge in [0.25, 0.3) is 5.91 Å². The molecule has 0 atom stereocenters. The Morgan fingerprint density at radius 2 is 2.20 bits per heavy atom. The molecule has 5 rings (SSSR count). The van der Waals surface area contributed by atoms with E-state index in [1.807, 2.05) is 6.92 Å². The zero-order valence-electron chi connectivity index (χ0n) is 11.0. The SMILES string of the molecule is Cc1c(C(=O)N2CC3(F)CC2C3)[nH]c2cc(F)ccc12. The molecule has 2 bridgehead atoms. The van der Waals surface area contributed by atoms with Crippen molar-refractivity contribution in [2.24, 2.45) is 0 Å². The molecule has 1 N–H and O–H groups in total. The normalized spacial score (nSPS) is 27.9. The van der Waals surface area contributed by atoms with Crippen LogP contribution in [-0.2, 0) is 0 Å². The molecule has 20 heavy (non-hydrogen) atoms. The molecule has 1 aliphatic carbocycles. The molecule has 2 saturated heterocycles. The van der Waals surface area contributed by atoms with Crippen LogP contribution in [0.3, 0.4) is 0 Å². The summed E-state index contributed by atoms with van der Waals surface area (Å²) in [7, 11) is 0. The molecule has 0 unspecified atom stereocenters. The van der Waals surface area contributed by atoms with E-state index in [1.165, 1.54) is 12.1 Å². The van der Waals surface area contributed by atoms with Crippen LogP contribution in [0.1, 0.15) is 28.9 Å². The lowest BCUT2D eigenvalue weighted by atomic mass is 9.83. The highest BCUT2D eigenvalue weighted by Gasteiger charge is 2.57. The van der Waals surface area contributed by atoms with Crippen molar-refractivity contribution in [2.45, 2.75) is 31.5 Å². The lowest BCUT2D eigenvalue weighted by Gasteiger charge is -2.29.